The molecule has 0 aliphatic heterocycles. The van der Waals surface area contributed by atoms with Crippen LogP contribution in [0.2, 0.25) is 0 Å². The number of aromatic nitrogens is 6. The molecule has 4 aromatic rings. The van der Waals surface area contributed by atoms with Crippen molar-refractivity contribution >= 4 is 22.3 Å². The van der Waals surface area contributed by atoms with Crippen LogP contribution in [-0.4, -0.2) is 36.4 Å². The maximum atomic E-state index is 5.56. The monoisotopic (exact) mass is 449 g/mol. The minimum absolute atomic E-state index is 0.539. The van der Waals surface area contributed by atoms with Gasteiger partial charge in [0.2, 0.25) is 5.88 Å². The Morgan fingerprint density at radius 1 is 1.16 bits per heavy atom. The van der Waals surface area contributed by atoms with Gasteiger partial charge in [0.05, 0.1) is 30.5 Å². The summed E-state index contributed by atoms with van der Waals surface area (Å²) >= 11 is 1.58. The Bertz CT molecular complexity index is 1240. The molecule has 9 heteroatoms. The average Bonchev–Trinajstić information content (AvgIpc) is 3.53. The lowest BCUT2D eigenvalue weighted by Gasteiger charge is -2.12. The molecule has 8 nitrogen and oxygen atoms in total. The SMILES string of the molecule is CCCn1nc2c(c1Nc1nc(-c3ccc(-n4cnc(C)c4)c(OC)n3)cs1)CCCC2. The molecule has 0 spiro atoms. The van der Waals surface area contributed by atoms with E-state index < -0.39 is 0 Å². The number of anilines is 2. The van der Waals surface area contributed by atoms with Crippen LogP contribution < -0.4 is 10.1 Å². The van der Waals surface area contributed by atoms with Crippen LogP contribution >= 0.6 is 11.3 Å². The van der Waals surface area contributed by atoms with Gasteiger partial charge >= 0.3 is 0 Å². The van der Waals surface area contributed by atoms with E-state index in [0.29, 0.717) is 5.88 Å². The van der Waals surface area contributed by atoms with Crippen molar-refractivity contribution in [2.24, 2.45) is 0 Å². The van der Waals surface area contributed by atoms with Crippen LogP contribution in [0.15, 0.2) is 30.0 Å². The molecular weight excluding hydrogens is 422 g/mol. The number of hydrogen-bond acceptors (Lipinski definition) is 7. The predicted molar refractivity (Wildman–Crippen MR) is 126 cm³/mol. The fourth-order valence-corrected chi connectivity index (χ4v) is 4.85. The topological polar surface area (TPSA) is 82.7 Å². The number of pyridine rings is 1. The summed E-state index contributed by atoms with van der Waals surface area (Å²) in [7, 11) is 1.63. The number of ether oxygens (including phenoxy) is 1. The number of aryl methyl sites for hydroxylation is 3. The van der Waals surface area contributed by atoms with Crippen molar-refractivity contribution < 1.29 is 4.74 Å². The lowest BCUT2D eigenvalue weighted by molar-refractivity contribution is 0.396. The van der Waals surface area contributed by atoms with Gasteiger partial charge in [-0.15, -0.1) is 11.3 Å². The van der Waals surface area contributed by atoms with Gasteiger partial charge in [-0.3, -0.25) is 0 Å². The molecule has 1 aliphatic rings. The molecule has 0 amide bonds. The highest BCUT2D eigenvalue weighted by atomic mass is 32.1. The number of nitrogens with one attached hydrogen (secondary N) is 1. The molecule has 0 saturated carbocycles. The number of imidazole rings is 1. The smallest absolute Gasteiger partial charge is 0.238 e. The number of nitrogens with zero attached hydrogens (tertiary/aromatic N) is 6. The summed E-state index contributed by atoms with van der Waals surface area (Å²) in [5, 5.41) is 11.3. The first-order valence-corrected chi connectivity index (χ1v) is 11.9. The molecule has 0 radical (unpaired) electrons. The standard InChI is InChI=1S/C23H27N7OS/c1-4-11-30-21(16-7-5-6-8-17(16)28-30)27-23-26-19(13-32-23)18-9-10-20(22(25-18)31-3)29-12-15(2)24-14-29/h9-10,12-14H,4-8,11H2,1-3H3,(H,26,27). The van der Waals surface area contributed by atoms with Crippen LogP contribution in [0.3, 0.4) is 0 Å². The highest BCUT2D eigenvalue weighted by molar-refractivity contribution is 7.14. The second-order valence-corrected chi connectivity index (χ2v) is 8.87. The maximum Gasteiger partial charge on any atom is 0.238 e. The molecule has 166 valence electrons. The van der Waals surface area contributed by atoms with Crippen molar-refractivity contribution in [1.82, 2.24) is 29.3 Å². The molecule has 5 rings (SSSR count). The highest BCUT2D eigenvalue weighted by Gasteiger charge is 2.21. The number of thiazole rings is 1. The number of fused-ring (bicyclic) bond motifs is 1. The lowest BCUT2D eigenvalue weighted by Crippen LogP contribution is -2.06. The molecule has 0 fully saturated rings. The van der Waals surface area contributed by atoms with E-state index in [1.165, 1.54) is 24.1 Å². The largest absolute Gasteiger partial charge is 0.479 e. The normalized spacial score (nSPS) is 13.2. The van der Waals surface area contributed by atoms with Crippen molar-refractivity contribution in [3.05, 3.63) is 47.0 Å². The molecule has 0 bridgehead atoms. The summed E-state index contributed by atoms with van der Waals surface area (Å²) in [4.78, 5) is 13.8. The van der Waals surface area contributed by atoms with Crippen LogP contribution in [0, 0.1) is 6.92 Å². The lowest BCUT2D eigenvalue weighted by atomic mass is 9.97. The third kappa shape index (κ3) is 3.88. The second kappa shape index (κ2) is 8.74. The summed E-state index contributed by atoms with van der Waals surface area (Å²) in [5.74, 6) is 1.64. The van der Waals surface area contributed by atoms with Gasteiger partial charge in [-0.25, -0.2) is 19.6 Å². The van der Waals surface area contributed by atoms with Gasteiger partial charge in [0.25, 0.3) is 0 Å². The van der Waals surface area contributed by atoms with Gasteiger partial charge in [-0.2, -0.15) is 5.10 Å². The van der Waals surface area contributed by atoms with Crippen LogP contribution in [0.25, 0.3) is 17.1 Å². The van der Waals surface area contributed by atoms with E-state index >= 15 is 0 Å². The Balaban J connectivity index is 1.43. The Hall–Kier alpha value is -3.20. The Morgan fingerprint density at radius 3 is 2.81 bits per heavy atom. The quantitative estimate of drug-likeness (QED) is 0.430. The summed E-state index contributed by atoms with van der Waals surface area (Å²) in [6.45, 7) is 5.04. The molecule has 4 heterocycles. The Labute approximate surface area is 191 Å². The predicted octanol–water partition coefficient (Wildman–Crippen LogP) is 4.94. The summed E-state index contributed by atoms with van der Waals surface area (Å²) in [5.41, 5.74) is 5.97. The van der Waals surface area contributed by atoms with Crippen LogP contribution in [-0.2, 0) is 19.4 Å². The van der Waals surface area contributed by atoms with E-state index in [2.05, 4.69) is 21.9 Å². The molecule has 4 aromatic heterocycles. The van der Waals surface area contributed by atoms with E-state index in [1.54, 1.807) is 24.8 Å². The number of rotatable bonds is 7. The van der Waals surface area contributed by atoms with E-state index in [1.807, 2.05) is 35.2 Å². The second-order valence-electron chi connectivity index (χ2n) is 8.01. The van der Waals surface area contributed by atoms with E-state index in [-0.39, 0.29) is 0 Å². The third-order valence-electron chi connectivity index (χ3n) is 5.67. The fraction of sp³-hybridized carbons (Fsp3) is 0.391. The van der Waals surface area contributed by atoms with Crippen LogP contribution in [0.4, 0.5) is 10.9 Å². The van der Waals surface area contributed by atoms with Crippen LogP contribution in [0.1, 0.15) is 43.1 Å². The molecular formula is C23H27N7OS. The Morgan fingerprint density at radius 2 is 2.03 bits per heavy atom. The molecule has 32 heavy (non-hydrogen) atoms. The van der Waals surface area contributed by atoms with Crippen molar-refractivity contribution in [3.63, 3.8) is 0 Å². The molecule has 0 unspecified atom stereocenters. The summed E-state index contributed by atoms with van der Waals surface area (Å²) in [6.07, 6.45) is 9.34. The van der Waals surface area contributed by atoms with E-state index in [9.17, 15) is 0 Å². The Kier molecular flexibility index (Phi) is 5.65. The first kappa shape index (κ1) is 20.7. The van der Waals surface area contributed by atoms with Crippen molar-refractivity contribution in [2.75, 3.05) is 12.4 Å². The summed E-state index contributed by atoms with van der Waals surface area (Å²) in [6, 6.07) is 3.96. The minimum Gasteiger partial charge on any atom is -0.479 e. The van der Waals surface area contributed by atoms with Crippen molar-refractivity contribution in [3.8, 4) is 23.0 Å². The van der Waals surface area contributed by atoms with E-state index in [0.717, 1.165) is 59.5 Å². The zero-order chi connectivity index (χ0) is 22.1. The van der Waals surface area contributed by atoms with Gasteiger partial charge in [0.1, 0.15) is 17.2 Å². The summed E-state index contributed by atoms with van der Waals surface area (Å²) < 4.78 is 9.58. The van der Waals surface area contributed by atoms with Crippen LogP contribution in [0.5, 0.6) is 5.88 Å². The van der Waals surface area contributed by atoms with Gasteiger partial charge in [0, 0.05) is 23.7 Å². The minimum atomic E-state index is 0.539. The zero-order valence-electron chi connectivity index (χ0n) is 18.6. The fourth-order valence-electron chi connectivity index (χ4n) is 4.15. The van der Waals surface area contributed by atoms with Gasteiger partial charge in [-0.1, -0.05) is 6.92 Å². The first-order valence-electron chi connectivity index (χ1n) is 11.0. The van der Waals surface area contributed by atoms with Crippen molar-refractivity contribution in [2.45, 2.75) is 52.5 Å². The van der Waals surface area contributed by atoms with E-state index in [4.69, 9.17) is 19.8 Å². The molecule has 1 aliphatic carbocycles. The first-order chi connectivity index (χ1) is 15.7. The number of methoxy groups -OCH3 is 1. The zero-order valence-corrected chi connectivity index (χ0v) is 19.4. The highest BCUT2D eigenvalue weighted by Crippen LogP contribution is 2.33. The van der Waals surface area contributed by atoms with Gasteiger partial charge in [0.15, 0.2) is 5.13 Å². The van der Waals surface area contributed by atoms with Crippen molar-refractivity contribution in [1.29, 1.82) is 0 Å². The molecule has 0 aromatic carbocycles. The third-order valence-corrected chi connectivity index (χ3v) is 6.43. The number of hydrogen-bond donors (Lipinski definition) is 1. The molecule has 1 N–H and O–H groups in total. The molecule has 0 atom stereocenters. The van der Waals surface area contributed by atoms with Gasteiger partial charge in [-0.05, 0) is 51.2 Å². The van der Waals surface area contributed by atoms with Gasteiger partial charge < -0.3 is 14.6 Å². The maximum absolute atomic E-state index is 5.56. The molecule has 0 saturated heterocycles. The average molecular weight is 450 g/mol.